The van der Waals surface area contributed by atoms with Crippen LogP contribution in [-0.4, -0.2) is 34.2 Å². The topological polar surface area (TPSA) is 92.2 Å². The van der Waals surface area contributed by atoms with Gasteiger partial charge in [-0.25, -0.2) is 0 Å². The molecule has 1 aliphatic heterocycles. The Morgan fingerprint density at radius 2 is 1.96 bits per heavy atom. The highest BCUT2D eigenvalue weighted by Gasteiger charge is 2.52. The monoisotopic (exact) mass is 360 g/mol. The number of hydrogen-bond acceptors (Lipinski definition) is 6. The summed E-state index contributed by atoms with van der Waals surface area (Å²) in [5.41, 5.74) is -0.00280. The van der Waals surface area contributed by atoms with Crippen LogP contribution >= 0.6 is 11.8 Å². The van der Waals surface area contributed by atoms with E-state index in [1.807, 2.05) is 33.8 Å². The lowest BCUT2D eigenvalue weighted by atomic mass is 9.78. The Morgan fingerprint density at radius 3 is 2.48 bits per heavy atom. The fraction of sp³-hybridized carbons (Fsp3) is 0.471. The standard InChI is InChI=1S/C17H21BN2O4S/c1-11(21)25-10-14(18-23-16(2,3)17(4,5)24-18)7-12-6-13(8-19)15(22)20-9-12/h6-7,9H,10H2,1-5H3,(H,20,22). The van der Waals surface area contributed by atoms with Crippen molar-refractivity contribution in [2.45, 2.75) is 45.8 Å². The zero-order valence-corrected chi connectivity index (χ0v) is 15.8. The average Bonchev–Trinajstić information content (AvgIpc) is 2.73. The van der Waals surface area contributed by atoms with Crippen LogP contribution in [0.5, 0.6) is 0 Å². The van der Waals surface area contributed by atoms with Gasteiger partial charge in [-0.1, -0.05) is 17.8 Å². The SMILES string of the molecule is CC(=O)SCC(=Cc1c[nH]c(=O)c(C#N)c1)B1OC(C)(C)C(C)(C)O1. The van der Waals surface area contributed by atoms with Gasteiger partial charge < -0.3 is 14.3 Å². The number of nitrogens with zero attached hydrogens (tertiary/aromatic N) is 1. The van der Waals surface area contributed by atoms with Crippen molar-refractivity contribution in [2.24, 2.45) is 0 Å². The van der Waals surface area contributed by atoms with Gasteiger partial charge in [0.15, 0.2) is 5.12 Å². The molecule has 0 atom stereocenters. The maximum absolute atomic E-state index is 11.5. The minimum atomic E-state index is -0.602. The van der Waals surface area contributed by atoms with Crippen molar-refractivity contribution in [3.63, 3.8) is 0 Å². The normalized spacial score (nSPS) is 18.9. The summed E-state index contributed by atoms with van der Waals surface area (Å²) < 4.78 is 12.1. The number of aromatic nitrogens is 1. The Morgan fingerprint density at radius 1 is 1.36 bits per heavy atom. The number of thioether (sulfide) groups is 1. The number of pyridine rings is 1. The summed E-state index contributed by atoms with van der Waals surface area (Å²) in [5, 5.41) is 9.00. The van der Waals surface area contributed by atoms with Crippen molar-refractivity contribution in [1.29, 1.82) is 5.26 Å². The van der Waals surface area contributed by atoms with Crippen molar-refractivity contribution >= 4 is 30.1 Å². The molecule has 1 saturated heterocycles. The van der Waals surface area contributed by atoms with Crippen LogP contribution < -0.4 is 5.56 Å². The highest BCUT2D eigenvalue weighted by atomic mass is 32.2. The first-order valence-electron chi connectivity index (χ1n) is 7.88. The third kappa shape index (κ3) is 4.43. The third-order valence-electron chi connectivity index (χ3n) is 4.40. The third-order valence-corrected chi connectivity index (χ3v) is 5.28. The Hall–Kier alpha value is -1.82. The largest absolute Gasteiger partial charge is 0.491 e. The van der Waals surface area contributed by atoms with Gasteiger partial charge >= 0.3 is 7.12 Å². The van der Waals surface area contributed by atoms with Crippen LogP contribution in [-0.2, 0) is 14.1 Å². The van der Waals surface area contributed by atoms with E-state index in [0.717, 1.165) is 17.2 Å². The predicted molar refractivity (Wildman–Crippen MR) is 99.0 cm³/mol. The molecular weight excluding hydrogens is 339 g/mol. The Balaban J connectivity index is 2.38. The maximum Gasteiger partial charge on any atom is 0.491 e. The average molecular weight is 360 g/mol. The van der Waals surface area contributed by atoms with Crippen molar-refractivity contribution in [3.05, 3.63) is 39.2 Å². The molecule has 8 heteroatoms. The van der Waals surface area contributed by atoms with Crippen LogP contribution in [0.1, 0.15) is 45.7 Å². The molecule has 1 aromatic rings. The first-order valence-corrected chi connectivity index (χ1v) is 8.86. The number of carbonyl (C=O) groups excluding carboxylic acids is 1. The zero-order chi connectivity index (χ0) is 18.8. The van der Waals surface area contributed by atoms with Gasteiger partial charge in [0, 0.05) is 18.9 Å². The van der Waals surface area contributed by atoms with E-state index in [-0.39, 0.29) is 10.7 Å². The van der Waals surface area contributed by atoms with Gasteiger partial charge in [0.25, 0.3) is 5.56 Å². The molecule has 0 spiro atoms. The lowest BCUT2D eigenvalue weighted by molar-refractivity contribution is -0.109. The molecule has 0 amide bonds. The number of hydrogen-bond donors (Lipinski definition) is 1. The summed E-state index contributed by atoms with van der Waals surface area (Å²) in [4.78, 5) is 25.4. The number of nitrogens with one attached hydrogen (secondary N) is 1. The maximum atomic E-state index is 11.5. The molecule has 0 aliphatic carbocycles. The van der Waals surface area contributed by atoms with Crippen LogP contribution in [0.3, 0.4) is 0 Å². The van der Waals surface area contributed by atoms with Gasteiger partial charge in [0.2, 0.25) is 0 Å². The molecule has 1 N–H and O–H groups in total. The molecule has 0 saturated carbocycles. The molecule has 0 bridgehead atoms. The van der Waals surface area contributed by atoms with Gasteiger partial charge in [-0.15, -0.1) is 0 Å². The second-order valence-corrected chi connectivity index (χ2v) is 8.03. The molecule has 1 aliphatic rings. The molecule has 0 radical (unpaired) electrons. The molecule has 0 aromatic carbocycles. The van der Waals surface area contributed by atoms with E-state index in [2.05, 4.69) is 4.98 Å². The van der Waals surface area contributed by atoms with Crippen LogP contribution in [0.15, 0.2) is 22.5 Å². The molecular formula is C17H21BN2O4S. The number of H-pyrrole nitrogens is 1. The number of aromatic amines is 1. The minimum absolute atomic E-state index is 0.0124. The molecule has 132 valence electrons. The van der Waals surface area contributed by atoms with Crippen molar-refractivity contribution < 1.29 is 14.1 Å². The summed E-state index contributed by atoms with van der Waals surface area (Å²) in [7, 11) is -0.602. The van der Waals surface area contributed by atoms with Gasteiger partial charge in [-0.3, -0.25) is 9.59 Å². The molecule has 2 rings (SSSR count). The molecule has 1 aromatic heterocycles. The fourth-order valence-electron chi connectivity index (χ4n) is 2.24. The van der Waals surface area contributed by atoms with Crippen molar-refractivity contribution in [1.82, 2.24) is 4.98 Å². The number of carbonyl (C=O) groups is 1. The summed E-state index contributed by atoms with van der Waals surface area (Å²) in [5.74, 6) is 0.396. The highest BCUT2D eigenvalue weighted by Crippen LogP contribution is 2.39. The first kappa shape index (κ1) is 19.5. The molecule has 25 heavy (non-hydrogen) atoms. The minimum Gasteiger partial charge on any atom is -0.400 e. The predicted octanol–water partition coefficient (Wildman–Crippen LogP) is 2.54. The van der Waals surface area contributed by atoms with Gasteiger partial charge in [-0.05, 0) is 44.8 Å². The summed E-state index contributed by atoms with van der Waals surface area (Å²) in [6.07, 6.45) is 3.31. The quantitative estimate of drug-likeness (QED) is 0.830. The van der Waals surface area contributed by atoms with Crippen LogP contribution in [0.2, 0.25) is 0 Å². The van der Waals surface area contributed by atoms with Crippen molar-refractivity contribution in [2.75, 3.05) is 5.75 Å². The second-order valence-electron chi connectivity index (χ2n) is 6.88. The van der Waals surface area contributed by atoms with E-state index in [0.29, 0.717) is 11.3 Å². The Kier molecular flexibility index (Phi) is 5.62. The summed E-state index contributed by atoms with van der Waals surface area (Å²) in [6, 6.07) is 3.36. The van der Waals surface area contributed by atoms with E-state index in [1.54, 1.807) is 6.08 Å². The zero-order valence-electron chi connectivity index (χ0n) is 15.0. The van der Waals surface area contributed by atoms with Crippen LogP contribution in [0.25, 0.3) is 6.08 Å². The van der Waals surface area contributed by atoms with E-state index < -0.39 is 23.9 Å². The lowest BCUT2D eigenvalue weighted by Gasteiger charge is -2.32. The van der Waals surface area contributed by atoms with E-state index >= 15 is 0 Å². The Bertz CT molecular complexity index is 792. The van der Waals surface area contributed by atoms with Gasteiger partial charge in [-0.2, -0.15) is 5.26 Å². The molecule has 2 heterocycles. The van der Waals surface area contributed by atoms with E-state index in [9.17, 15) is 9.59 Å². The van der Waals surface area contributed by atoms with Gasteiger partial charge in [0.05, 0.1) is 11.2 Å². The van der Waals surface area contributed by atoms with E-state index in [1.165, 1.54) is 19.2 Å². The first-order chi connectivity index (χ1) is 11.6. The number of nitriles is 1. The summed E-state index contributed by atoms with van der Waals surface area (Å²) in [6.45, 7) is 9.32. The smallest absolute Gasteiger partial charge is 0.400 e. The molecule has 1 fully saturated rings. The summed E-state index contributed by atoms with van der Waals surface area (Å²) >= 11 is 1.15. The second kappa shape index (κ2) is 7.20. The van der Waals surface area contributed by atoms with E-state index in [4.69, 9.17) is 14.6 Å². The van der Waals surface area contributed by atoms with Crippen molar-refractivity contribution in [3.8, 4) is 6.07 Å². The molecule has 0 unspecified atom stereocenters. The fourth-order valence-corrected chi connectivity index (χ4v) is 2.83. The highest BCUT2D eigenvalue weighted by molar-refractivity contribution is 8.13. The molecule has 6 nitrogen and oxygen atoms in total. The van der Waals surface area contributed by atoms with Crippen LogP contribution in [0.4, 0.5) is 0 Å². The van der Waals surface area contributed by atoms with Gasteiger partial charge in [0.1, 0.15) is 11.6 Å². The van der Waals surface area contributed by atoms with Crippen LogP contribution in [0, 0.1) is 11.3 Å². The number of rotatable bonds is 4. The Labute approximate surface area is 151 Å². The lowest BCUT2D eigenvalue weighted by Crippen LogP contribution is -2.41.